The Balaban J connectivity index is 1.17. The van der Waals surface area contributed by atoms with Crippen LogP contribution in [0.4, 0.5) is 10.6 Å². The number of aryl methyl sites for hydroxylation is 1. The molecule has 9 nitrogen and oxygen atoms in total. The largest absolute Gasteiger partial charge is 0.478 e. The maximum absolute atomic E-state index is 12.9. The monoisotopic (exact) mass is 449 g/mol. The summed E-state index contributed by atoms with van der Waals surface area (Å²) in [5, 5.41) is 9.99. The lowest BCUT2D eigenvalue weighted by molar-refractivity contribution is 0.0693. The summed E-state index contributed by atoms with van der Waals surface area (Å²) in [5.74, 6) is -0.00379. The number of H-pyrrole nitrogens is 1. The maximum atomic E-state index is 12.9. The Kier molecular flexibility index (Phi) is 5.85. The minimum atomic E-state index is -0.932. The number of hydrogen-bond acceptors (Lipinski definition) is 6. The number of piperidine rings is 1. The first-order valence-electron chi connectivity index (χ1n) is 11.4. The van der Waals surface area contributed by atoms with E-state index in [1.807, 2.05) is 29.3 Å². The van der Waals surface area contributed by atoms with Crippen LogP contribution in [-0.4, -0.2) is 68.8 Å². The smallest absolute Gasteiger partial charge is 0.410 e. The Morgan fingerprint density at radius 3 is 2.76 bits per heavy atom. The molecule has 172 valence electrons. The first-order valence-corrected chi connectivity index (χ1v) is 11.4. The SMILES string of the molecule is O=C(O)c1ccc(CCCOC(=O)N2CCC[C@@H]3C2CCN3c2ncnc3[nH]ccc23)cc1. The highest BCUT2D eigenvalue weighted by Gasteiger charge is 2.43. The zero-order chi connectivity index (χ0) is 22.8. The molecule has 33 heavy (non-hydrogen) atoms. The average Bonchev–Trinajstić information content (AvgIpc) is 3.49. The molecule has 0 radical (unpaired) electrons. The van der Waals surface area contributed by atoms with E-state index in [2.05, 4.69) is 19.9 Å². The Hall–Kier alpha value is -3.62. The number of carboxylic acids is 1. The third-order valence-electron chi connectivity index (χ3n) is 6.69. The molecule has 2 atom stereocenters. The van der Waals surface area contributed by atoms with Gasteiger partial charge < -0.3 is 24.6 Å². The van der Waals surface area contributed by atoms with E-state index in [9.17, 15) is 9.59 Å². The van der Waals surface area contributed by atoms with Gasteiger partial charge in [-0.25, -0.2) is 19.6 Å². The van der Waals surface area contributed by atoms with Crippen LogP contribution < -0.4 is 4.90 Å². The van der Waals surface area contributed by atoms with Crippen molar-refractivity contribution in [3.8, 4) is 0 Å². The molecule has 1 unspecified atom stereocenters. The number of carboxylic acid groups (broad SMARTS) is 1. The lowest BCUT2D eigenvalue weighted by Crippen LogP contribution is -2.52. The summed E-state index contributed by atoms with van der Waals surface area (Å²) < 4.78 is 5.62. The fourth-order valence-electron chi connectivity index (χ4n) is 5.10. The standard InChI is InChI=1S/C24H27N5O4/c30-23(31)17-7-5-16(6-8-17)3-2-14-33-24(32)29-12-1-4-19-20(29)10-13-28(19)22-18-9-11-25-21(18)26-15-27-22/h5-9,11,15,19-20H,1-4,10,12-14H2,(H,30,31)(H,25,26,27)/t19-,20?/m1/s1. The van der Waals surface area contributed by atoms with Gasteiger partial charge in [0.1, 0.15) is 17.8 Å². The van der Waals surface area contributed by atoms with Gasteiger partial charge in [-0.3, -0.25) is 0 Å². The molecule has 2 saturated heterocycles. The maximum Gasteiger partial charge on any atom is 0.410 e. The Morgan fingerprint density at radius 1 is 1.09 bits per heavy atom. The number of amides is 1. The van der Waals surface area contributed by atoms with Crippen LogP contribution in [0.5, 0.6) is 0 Å². The van der Waals surface area contributed by atoms with Crippen LogP contribution in [0.25, 0.3) is 11.0 Å². The third kappa shape index (κ3) is 4.22. The third-order valence-corrected chi connectivity index (χ3v) is 6.69. The molecule has 0 saturated carbocycles. The van der Waals surface area contributed by atoms with Crippen molar-refractivity contribution in [1.82, 2.24) is 19.9 Å². The van der Waals surface area contributed by atoms with Gasteiger partial charge in [0.2, 0.25) is 0 Å². The normalized spacial score (nSPS) is 20.1. The molecule has 2 aromatic heterocycles. The predicted octanol–water partition coefficient (Wildman–Crippen LogP) is 3.47. The summed E-state index contributed by atoms with van der Waals surface area (Å²) in [6.45, 7) is 1.91. The topological polar surface area (TPSA) is 112 Å². The van der Waals surface area contributed by atoms with Crippen molar-refractivity contribution >= 4 is 28.9 Å². The number of anilines is 1. The summed E-state index contributed by atoms with van der Waals surface area (Å²) in [4.78, 5) is 40.0. The number of aromatic amines is 1. The summed E-state index contributed by atoms with van der Waals surface area (Å²) in [6.07, 6.45) is 7.49. The van der Waals surface area contributed by atoms with Crippen LogP contribution in [-0.2, 0) is 11.2 Å². The highest BCUT2D eigenvalue weighted by atomic mass is 16.6. The van der Waals surface area contributed by atoms with E-state index >= 15 is 0 Å². The van der Waals surface area contributed by atoms with Gasteiger partial charge in [-0.05, 0) is 55.9 Å². The van der Waals surface area contributed by atoms with E-state index < -0.39 is 5.97 Å². The van der Waals surface area contributed by atoms with Crippen LogP contribution in [0.3, 0.4) is 0 Å². The summed E-state index contributed by atoms with van der Waals surface area (Å²) in [7, 11) is 0. The molecular weight excluding hydrogens is 422 g/mol. The number of likely N-dealkylation sites (tertiary alicyclic amines) is 1. The van der Waals surface area contributed by atoms with Crippen LogP contribution in [0.2, 0.25) is 0 Å². The van der Waals surface area contributed by atoms with Crippen molar-refractivity contribution in [2.75, 3.05) is 24.6 Å². The van der Waals surface area contributed by atoms with Gasteiger partial charge in [0.15, 0.2) is 0 Å². The molecule has 5 rings (SSSR count). The van der Waals surface area contributed by atoms with Gasteiger partial charge in [0.05, 0.1) is 29.6 Å². The quantitative estimate of drug-likeness (QED) is 0.554. The van der Waals surface area contributed by atoms with Gasteiger partial charge in [-0.2, -0.15) is 0 Å². The molecule has 2 aliphatic heterocycles. The van der Waals surface area contributed by atoms with E-state index in [-0.39, 0.29) is 23.7 Å². The lowest BCUT2D eigenvalue weighted by Gasteiger charge is -2.39. The molecule has 2 N–H and O–H groups in total. The van der Waals surface area contributed by atoms with Crippen molar-refractivity contribution in [1.29, 1.82) is 0 Å². The van der Waals surface area contributed by atoms with E-state index in [4.69, 9.17) is 9.84 Å². The summed E-state index contributed by atoms with van der Waals surface area (Å²) in [6, 6.07) is 9.17. The van der Waals surface area contributed by atoms with Crippen LogP contribution >= 0.6 is 0 Å². The number of aromatic carboxylic acids is 1. The van der Waals surface area contributed by atoms with Gasteiger partial charge in [0, 0.05) is 19.3 Å². The minimum Gasteiger partial charge on any atom is -0.478 e. The van der Waals surface area contributed by atoms with E-state index in [1.165, 1.54) is 0 Å². The minimum absolute atomic E-state index is 0.124. The second-order valence-electron chi connectivity index (χ2n) is 8.61. The lowest BCUT2D eigenvalue weighted by atomic mass is 9.97. The van der Waals surface area contributed by atoms with E-state index in [0.717, 1.165) is 54.6 Å². The molecule has 0 spiro atoms. The number of aromatic nitrogens is 3. The molecule has 3 aromatic rings. The first kappa shape index (κ1) is 21.2. The number of carbonyl (C=O) groups is 2. The average molecular weight is 450 g/mol. The van der Waals surface area contributed by atoms with Gasteiger partial charge >= 0.3 is 12.1 Å². The van der Waals surface area contributed by atoms with Crippen LogP contribution in [0.15, 0.2) is 42.9 Å². The number of benzene rings is 1. The molecule has 2 fully saturated rings. The van der Waals surface area contributed by atoms with E-state index in [0.29, 0.717) is 19.6 Å². The van der Waals surface area contributed by atoms with Gasteiger partial charge in [0.25, 0.3) is 0 Å². The van der Waals surface area contributed by atoms with Crippen molar-refractivity contribution in [3.63, 3.8) is 0 Å². The van der Waals surface area contributed by atoms with Crippen LogP contribution in [0.1, 0.15) is 41.6 Å². The highest BCUT2D eigenvalue weighted by Crippen LogP contribution is 2.36. The zero-order valence-corrected chi connectivity index (χ0v) is 18.3. The van der Waals surface area contributed by atoms with Crippen LogP contribution in [0, 0.1) is 0 Å². The van der Waals surface area contributed by atoms with Crippen molar-refractivity contribution in [2.45, 2.75) is 44.2 Å². The Labute approximate surface area is 191 Å². The number of rotatable bonds is 6. The number of carbonyl (C=O) groups excluding carboxylic acids is 1. The zero-order valence-electron chi connectivity index (χ0n) is 18.3. The predicted molar refractivity (Wildman–Crippen MR) is 122 cm³/mol. The molecule has 2 aliphatic rings. The fourth-order valence-corrected chi connectivity index (χ4v) is 5.10. The number of fused-ring (bicyclic) bond motifs is 2. The molecule has 0 aliphatic carbocycles. The number of hydrogen-bond donors (Lipinski definition) is 2. The number of nitrogens with one attached hydrogen (secondary N) is 1. The molecule has 0 bridgehead atoms. The fraction of sp³-hybridized carbons (Fsp3) is 0.417. The molecule has 1 amide bonds. The second-order valence-corrected chi connectivity index (χ2v) is 8.61. The molecule has 9 heteroatoms. The number of ether oxygens (including phenoxy) is 1. The van der Waals surface area contributed by atoms with Crippen molar-refractivity contribution in [2.24, 2.45) is 0 Å². The van der Waals surface area contributed by atoms with E-state index in [1.54, 1.807) is 18.5 Å². The Bertz CT molecular complexity index is 1150. The Morgan fingerprint density at radius 2 is 1.94 bits per heavy atom. The molecule has 4 heterocycles. The number of nitrogens with zero attached hydrogens (tertiary/aromatic N) is 4. The van der Waals surface area contributed by atoms with Gasteiger partial charge in [-0.1, -0.05) is 12.1 Å². The second kappa shape index (κ2) is 9.09. The van der Waals surface area contributed by atoms with Crippen molar-refractivity contribution in [3.05, 3.63) is 54.0 Å². The summed E-state index contributed by atoms with van der Waals surface area (Å²) in [5.41, 5.74) is 2.13. The van der Waals surface area contributed by atoms with Crippen molar-refractivity contribution < 1.29 is 19.4 Å². The summed E-state index contributed by atoms with van der Waals surface area (Å²) >= 11 is 0. The first-order chi connectivity index (χ1) is 16.1. The van der Waals surface area contributed by atoms with Gasteiger partial charge in [-0.15, -0.1) is 0 Å². The highest BCUT2D eigenvalue weighted by molar-refractivity contribution is 5.88. The molecule has 1 aromatic carbocycles. The molecular formula is C24H27N5O4.